The molecule has 1 aromatic carbocycles. The SMILES string of the molecule is CCCCc1nc(Cl)c(CNc2cc(C)c(Br)c(C)c2)[nH]1. The topological polar surface area (TPSA) is 40.7 Å². The minimum atomic E-state index is 0.569. The number of hydrogen-bond donors (Lipinski definition) is 2. The van der Waals surface area contributed by atoms with Gasteiger partial charge in [-0.25, -0.2) is 4.98 Å². The van der Waals surface area contributed by atoms with Gasteiger partial charge in [0.25, 0.3) is 0 Å². The summed E-state index contributed by atoms with van der Waals surface area (Å²) in [7, 11) is 0. The smallest absolute Gasteiger partial charge is 0.152 e. The zero-order chi connectivity index (χ0) is 15.4. The Hall–Kier alpha value is -1.00. The molecule has 0 fully saturated rings. The van der Waals surface area contributed by atoms with Crippen LogP contribution in [0.5, 0.6) is 0 Å². The number of aryl methyl sites for hydroxylation is 3. The first-order valence-electron chi connectivity index (χ1n) is 7.25. The standard InChI is InChI=1S/C16H21BrClN3/c1-4-5-6-14-20-13(16(18)21-14)9-19-12-7-10(2)15(17)11(3)8-12/h7-8,19H,4-6,9H2,1-3H3,(H,20,21). The van der Waals surface area contributed by atoms with E-state index >= 15 is 0 Å². The van der Waals surface area contributed by atoms with Crippen LogP contribution in [0.4, 0.5) is 5.69 Å². The molecular formula is C16H21BrClN3. The van der Waals surface area contributed by atoms with Gasteiger partial charge in [0.05, 0.1) is 12.2 Å². The van der Waals surface area contributed by atoms with Crippen molar-refractivity contribution in [3.63, 3.8) is 0 Å². The lowest BCUT2D eigenvalue weighted by Crippen LogP contribution is -2.01. The maximum atomic E-state index is 6.19. The first kappa shape index (κ1) is 16.4. The number of imidazole rings is 1. The highest BCUT2D eigenvalue weighted by Gasteiger charge is 2.08. The molecule has 5 heteroatoms. The van der Waals surface area contributed by atoms with Crippen LogP contribution in [0.2, 0.25) is 5.15 Å². The van der Waals surface area contributed by atoms with Gasteiger partial charge in [-0.15, -0.1) is 0 Å². The summed E-state index contributed by atoms with van der Waals surface area (Å²) in [6, 6.07) is 4.25. The highest BCUT2D eigenvalue weighted by molar-refractivity contribution is 9.10. The molecule has 1 heterocycles. The van der Waals surface area contributed by atoms with Crippen molar-refractivity contribution >= 4 is 33.2 Å². The molecule has 0 saturated carbocycles. The van der Waals surface area contributed by atoms with Crippen LogP contribution in [0.1, 0.15) is 42.4 Å². The third-order valence-corrected chi connectivity index (χ3v) is 5.01. The lowest BCUT2D eigenvalue weighted by atomic mass is 10.1. The fraction of sp³-hybridized carbons (Fsp3) is 0.438. The maximum absolute atomic E-state index is 6.19. The fourth-order valence-electron chi connectivity index (χ4n) is 2.26. The van der Waals surface area contributed by atoms with Gasteiger partial charge in [-0.3, -0.25) is 0 Å². The van der Waals surface area contributed by atoms with Crippen molar-refractivity contribution in [2.45, 2.75) is 46.6 Å². The number of nitrogens with zero attached hydrogens (tertiary/aromatic N) is 1. The van der Waals surface area contributed by atoms with Gasteiger partial charge < -0.3 is 10.3 Å². The van der Waals surface area contributed by atoms with Crippen LogP contribution in [0.3, 0.4) is 0 Å². The van der Waals surface area contributed by atoms with Crippen LogP contribution in [-0.4, -0.2) is 9.97 Å². The average molecular weight is 371 g/mol. The van der Waals surface area contributed by atoms with E-state index in [2.05, 4.69) is 64.1 Å². The molecule has 0 unspecified atom stereocenters. The van der Waals surface area contributed by atoms with Gasteiger partial charge in [0.15, 0.2) is 5.15 Å². The monoisotopic (exact) mass is 369 g/mol. The number of H-pyrrole nitrogens is 1. The van der Waals surface area contributed by atoms with Crippen molar-refractivity contribution in [1.29, 1.82) is 0 Å². The van der Waals surface area contributed by atoms with Gasteiger partial charge in [-0.2, -0.15) is 0 Å². The maximum Gasteiger partial charge on any atom is 0.152 e. The Bertz CT molecular complexity index is 599. The third-order valence-electron chi connectivity index (χ3n) is 3.45. The summed E-state index contributed by atoms with van der Waals surface area (Å²) in [5.74, 6) is 0.974. The van der Waals surface area contributed by atoms with Crippen LogP contribution in [0.15, 0.2) is 16.6 Å². The summed E-state index contributed by atoms with van der Waals surface area (Å²) in [5, 5.41) is 3.97. The Kier molecular flexibility index (Phi) is 5.71. The van der Waals surface area contributed by atoms with Crippen LogP contribution in [0.25, 0.3) is 0 Å². The molecule has 0 aliphatic heterocycles. The molecule has 3 nitrogen and oxygen atoms in total. The predicted octanol–water partition coefficient (Wildman–Crippen LogP) is 5.40. The highest BCUT2D eigenvalue weighted by Crippen LogP contribution is 2.25. The normalized spacial score (nSPS) is 10.9. The molecule has 0 spiro atoms. The van der Waals surface area contributed by atoms with Crippen LogP contribution in [-0.2, 0) is 13.0 Å². The van der Waals surface area contributed by atoms with Crippen molar-refractivity contribution in [1.82, 2.24) is 9.97 Å². The van der Waals surface area contributed by atoms with Crippen molar-refractivity contribution in [2.75, 3.05) is 5.32 Å². The molecule has 0 bridgehead atoms. The van der Waals surface area contributed by atoms with E-state index in [-0.39, 0.29) is 0 Å². The van der Waals surface area contributed by atoms with E-state index in [1.54, 1.807) is 0 Å². The van der Waals surface area contributed by atoms with Crippen LogP contribution < -0.4 is 5.32 Å². The number of rotatable bonds is 6. The molecule has 1 aromatic heterocycles. The molecule has 0 aliphatic carbocycles. The summed E-state index contributed by atoms with van der Waals surface area (Å²) in [6.07, 6.45) is 3.23. The minimum absolute atomic E-state index is 0.569. The van der Waals surface area contributed by atoms with Crippen molar-refractivity contribution < 1.29 is 0 Å². The second-order valence-electron chi connectivity index (χ2n) is 5.33. The molecule has 21 heavy (non-hydrogen) atoms. The first-order valence-corrected chi connectivity index (χ1v) is 8.42. The predicted molar refractivity (Wildman–Crippen MR) is 93.2 cm³/mol. The van der Waals surface area contributed by atoms with E-state index in [0.717, 1.165) is 40.9 Å². The minimum Gasteiger partial charge on any atom is -0.379 e. The molecule has 0 aliphatic rings. The molecule has 0 atom stereocenters. The summed E-state index contributed by atoms with van der Waals surface area (Å²) in [6.45, 7) is 7.01. The Balaban J connectivity index is 2.04. The molecule has 0 saturated heterocycles. The summed E-state index contributed by atoms with van der Waals surface area (Å²) >= 11 is 9.77. The van der Waals surface area contributed by atoms with Crippen molar-refractivity contribution in [2.24, 2.45) is 0 Å². The second kappa shape index (κ2) is 7.32. The number of hydrogen-bond acceptors (Lipinski definition) is 2. The Morgan fingerprint density at radius 2 is 1.95 bits per heavy atom. The van der Waals surface area contributed by atoms with Gasteiger partial charge in [0, 0.05) is 16.6 Å². The van der Waals surface area contributed by atoms with Gasteiger partial charge in [0.2, 0.25) is 0 Å². The Morgan fingerprint density at radius 3 is 2.57 bits per heavy atom. The lowest BCUT2D eigenvalue weighted by molar-refractivity contribution is 0.760. The zero-order valence-electron chi connectivity index (χ0n) is 12.7. The number of aromatic nitrogens is 2. The lowest BCUT2D eigenvalue weighted by Gasteiger charge is -2.10. The number of benzene rings is 1. The fourth-order valence-corrected chi connectivity index (χ4v) is 2.70. The number of halogens is 2. The van der Waals surface area contributed by atoms with E-state index in [4.69, 9.17) is 11.6 Å². The molecule has 2 N–H and O–H groups in total. The first-order chi connectivity index (χ1) is 10.0. The van der Waals surface area contributed by atoms with Crippen molar-refractivity contribution in [3.05, 3.63) is 44.4 Å². The van der Waals surface area contributed by atoms with E-state index in [9.17, 15) is 0 Å². The Morgan fingerprint density at radius 1 is 1.29 bits per heavy atom. The van der Waals surface area contributed by atoms with E-state index in [1.165, 1.54) is 11.1 Å². The molecule has 0 radical (unpaired) electrons. The number of nitrogens with one attached hydrogen (secondary N) is 2. The second-order valence-corrected chi connectivity index (χ2v) is 6.49. The van der Waals surface area contributed by atoms with E-state index < -0.39 is 0 Å². The van der Waals surface area contributed by atoms with Crippen LogP contribution in [0, 0.1) is 13.8 Å². The molecule has 2 rings (SSSR count). The van der Waals surface area contributed by atoms with Crippen molar-refractivity contribution in [3.8, 4) is 0 Å². The number of unbranched alkanes of at least 4 members (excludes halogenated alkanes) is 1. The van der Waals surface area contributed by atoms with Gasteiger partial charge >= 0.3 is 0 Å². The van der Waals surface area contributed by atoms with Gasteiger partial charge in [-0.05, 0) is 43.5 Å². The number of aromatic amines is 1. The molecular weight excluding hydrogens is 350 g/mol. The highest BCUT2D eigenvalue weighted by atomic mass is 79.9. The molecule has 0 amide bonds. The molecule has 2 aromatic rings. The van der Waals surface area contributed by atoms with Gasteiger partial charge in [0.1, 0.15) is 5.82 Å². The largest absolute Gasteiger partial charge is 0.379 e. The van der Waals surface area contributed by atoms with Crippen LogP contribution >= 0.6 is 27.5 Å². The summed E-state index contributed by atoms with van der Waals surface area (Å²) < 4.78 is 1.16. The average Bonchev–Trinajstić information content (AvgIpc) is 2.80. The summed E-state index contributed by atoms with van der Waals surface area (Å²) in [4.78, 5) is 7.68. The third kappa shape index (κ3) is 4.24. The number of anilines is 1. The van der Waals surface area contributed by atoms with E-state index in [0.29, 0.717) is 11.7 Å². The summed E-state index contributed by atoms with van der Waals surface area (Å²) in [5.41, 5.74) is 4.48. The Labute approximate surface area is 139 Å². The quantitative estimate of drug-likeness (QED) is 0.715. The molecule has 114 valence electrons. The van der Waals surface area contributed by atoms with Gasteiger partial charge in [-0.1, -0.05) is 40.9 Å². The van der Waals surface area contributed by atoms with E-state index in [1.807, 2.05) is 0 Å². The zero-order valence-corrected chi connectivity index (χ0v) is 15.0.